The van der Waals surface area contributed by atoms with E-state index in [1.807, 2.05) is 0 Å². The Labute approximate surface area is 139 Å². The van der Waals surface area contributed by atoms with Gasteiger partial charge in [-0.25, -0.2) is 0 Å². The minimum absolute atomic E-state index is 0.0781. The van der Waals surface area contributed by atoms with Gasteiger partial charge in [0, 0.05) is 13.0 Å². The number of carbonyl (C=O) groups excluding carboxylic acids is 2. The normalized spacial score (nSPS) is 17.8. The standard InChI is InChI=1S/C17H21F2NO4/c1-2-24-15(22)9-10-17(18,19)16(23)20-11-3-4-14(20)12-5-7-13(21)8-6-12/h5-8,14,21H,2-4,9-11H2,1H3. The molecule has 24 heavy (non-hydrogen) atoms. The zero-order valence-electron chi connectivity index (χ0n) is 13.5. The number of benzene rings is 1. The van der Waals surface area contributed by atoms with Crippen LogP contribution >= 0.6 is 0 Å². The summed E-state index contributed by atoms with van der Waals surface area (Å²) in [6, 6.07) is 5.75. The van der Waals surface area contributed by atoms with Crippen LogP contribution < -0.4 is 0 Å². The van der Waals surface area contributed by atoms with Gasteiger partial charge in [-0.1, -0.05) is 12.1 Å². The highest BCUT2D eigenvalue weighted by molar-refractivity contribution is 5.85. The van der Waals surface area contributed by atoms with Crippen LogP contribution in [0.4, 0.5) is 8.78 Å². The van der Waals surface area contributed by atoms with Crippen molar-refractivity contribution in [3.05, 3.63) is 29.8 Å². The number of ether oxygens (including phenoxy) is 1. The molecule has 1 unspecified atom stereocenters. The molecular weight excluding hydrogens is 320 g/mol. The molecule has 0 radical (unpaired) electrons. The van der Waals surface area contributed by atoms with E-state index < -0.39 is 36.7 Å². The Balaban J connectivity index is 2.06. The van der Waals surface area contributed by atoms with E-state index in [0.29, 0.717) is 18.4 Å². The Hall–Kier alpha value is -2.18. The minimum atomic E-state index is -3.60. The highest BCUT2D eigenvalue weighted by atomic mass is 19.3. The first kappa shape index (κ1) is 18.2. The van der Waals surface area contributed by atoms with Gasteiger partial charge >= 0.3 is 11.9 Å². The van der Waals surface area contributed by atoms with Gasteiger partial charge in [0.15, 0.2) is 0 Å². The molecule has 0 spiro atoms. The molecular formula is C17H21F2NO4. The van der Waals surface area contributed by atoms with Crippen molar-refractivity contribution >= 4 is 11.9 Å². The van der Waals surface area contributed by atoms with Crippen molar-refractivity contribution in [1.29, 1.82) is 0 Å². The van der Waals surface area contributed by atoms with Gasteiger partial charge in [0.2, 0.25) is 0 Å². The summed E-state index contributed by atoms with van der Waals surface area (Å²) in [5.41, 5.74) is 0.708. The van der Waals surface area contributed by atoms with Crippen molar-refractivity contribution in [2.75, 3.05) is 13.2 Å². The van der Waals surface area contributed by atoms with Gasteiger partial charge in [-0.15, -0.1) is 0 Å². The number of hydrogen-bond acceptors (Lipinski definition) is 4. The Kier molecular flexibility index (Phi) is 5.75. The number of nitrogens with zero attached hydrogens (tertiary/aromatic N) is 1. The number of amides is 1. The summed E-state index contributed by atoms with van der Waals surface area (Å²) in [5, 5.41) is 9.33. The lowest BCUT2D eigenvalue weighted by Gasteiger charge is -2.28. The molecule has 1 amide bonds. The lowest BCUT2D eigenvalue weighted by atomic mass is 10.0. The van der Waals surface area contributed by atoms with Gasteiger partial charge in [-0.2, -0.15) is 8.78 Å². The number of phenolic OH excluding ortho intramolecular Hbond substituents is 1. The predicted molar refractivity (Wildman–Crippen MR) is 82.6 cm³/mol. The quantitative estimate of drug-likeness (QED) is 0.808. The van der Waals surface area contributed by atoms with E-state index in [4.69, 9.17) is 0 Å². The minimum Gasteiger partial charge on any atom is -0.508 e. The molecule has 1 heterocycles. The third-order valence-electron chi connectivity index (χ3n) is 4.05. The third kappa shape index (κ3) is 4.21. The zero-order chi connectivity index (χ0) is 17.7. The molecule has 5 nitrogen and oxygen atoms in total. The Bertz CT molecular complexity index is 589. The third-order valence-corrected chi connectivity index (χ3v) is 4.05. The second-order valence-corrected chi connectivity index (χ2v) is 5.76. The lowest BCUT2D eigenvalue weighted by Crippen LogP contribution is -2.43. The number of likely N-dealkylation sites (tertiary alicyclic amines) is 1. The predicted octanol–water partition coefficient (Wildman–Crippen LogP) is 3.03. The van der Waals surface area contributed by atoms with Crippen LogP contribution in [-0.4, -0.2) is 41.0 Å². The highest BCUT2D eigenvalue weighted by Gasteiger charge is 2.45. The first-order valence-corrected chi connectivity index (χ1v) is 7.98. The number of aromatic hydroxyl groups is 1. The fourth-order valence-corrected chi connectivity index (χ4v) is 2.86. The van der Waals surface area contributed by atoms with Gasteiger partial charge in [0.1, 0.15) is 5.75 Å². The first-order chi connectivity index (χ1) is 11.3. The van der Waals surface area contributed by atoms with Crippen LogP contribution in [-0.2, 0) is 14.3 Å². The molecule has 132 valence electrons. The summed E-state index contributed by atoms with van der Waals surface area (Å²) >= 11 is 0. The maximum atomic E-state index is 14.2. The van der Waals surface area contributed by atoms with Gasteiger partial charge in [-0.3, -0.25) is 9.59 Å². The van der Waals surface area contributed by atoms with Crippen LogP contribution in [0.15, 0.2) is 24.3 Å². The van der Waals surface area contributed by atoms with E-state index >= 15 is 0 Å². The second-order valence-electron chi connectivity index (χ2n) is 5.76. The van der Waals surface area contributed by atoms with Crippen LogP contribution in [0.3, 0.4) is 0 Å². The van der Waals surface area contributed by atoms with Gasteiger partial charge < -0.3 is 14.7 Å². The van der Waals surface area contributed by atoms with Crippen molar-refractivity contribution < 1.29 is 28.2 Å². The molecule has 1 aromatic rings. The van der Waals surface area contributed by atoms with E-state index in [2.05, 4.69) is 4.74 Å². The van der Waals surface area contributed by atoms with Gasteiger partial charge in [0.05, 0.1) is 19.1 Å². The van der Waals surface area contributed by atoms with Crippen LogP contribution in [0.1, 0.15) is 44.2 Å². The van der Waals surface area contributed by atoms with Crippen LogP contribution in [0.25, 0.3) is 0 Å². The average Bonchev–Trinajstić information content (AvgIpc) is 3.02. The number of alkyl halides is 2. The topological polar surface area (TPSA) is 66.8 Å². The molecule has 1 aliphatic heterocycles. The summed E-state index contributed by atoms with van der Waals surface area (Å²) in [4.78, 5) is 24.7. The lowest BCUT2D eigenvalue weighted by molar-refractivity contribution is -0.161. The fourth-order valence-electron chi connectivity index (χ4n) is 2.86. The molecule has 1 aliphatic rings. The van der Waals surface area contributed by atoms with Crippen molar-refractivity contribution in [3.8, 4) is 5.75 Å². The molecule has 1 fully saturated rings. The van der Waals surface area contributed by atoms with Crippen molar-refractivity contribution in [2.45, 2.75) is 44.6 Å². The van der Waals surface area contributed by atoms with Crippen molar-refractivity contribution in [1.82, 2.24) is 4.90 Å². The molecule has 0 saturated carbocycles. The van der Waals surface area contributed by atoms with E-state index in [1.54, 1.807) is 19.1 Å². The maximum absolute atomic E-state index is 14.2. The molecule has 1 aromatic carbocycles. The molecule has 1 saturated heterocycles. The summed E-state index contributed by atoms with van der Waals surface area (Å²) in [5.74, 6) is -5.52. The Morgan fingerprint density at radius 1 is 1.33 bits per heavy atom. The van der Waals surface area contributed by atoms with E-state index in [-0.39, 0.29) is 18.9 Å². The van der Waals surface area contributed by atoms with E-state index in [0.717, 1.165) is 4.90 Å². The van der Waals surface area contributed by atoms with E-state index in [9.17, 15) is 23.5 Å². The number of halogens is 2. The summed E-state index contributed by atoms with van der Waals surface area (Å²) < 4.78 is 33.0. The van der Waals surface area contributed by atoms with E-state index in [1.165, 1.54) is 12.1 Å². The van der Waals surface area contributed by atoms with Crippen LogP contribution in [0.5, 0.6) is 5.75 Å². The Morgan fingerprint density at radius 3 is 2.62 bits per heavy atom. The smallest absolute Gasteiger partial charge is 0.325 e. The molecule has 2 rings (SSSR count). The Morgan fingerprint density at radius 2 is 2.00 bits per heavy atom. The molecule has 7 heteroatoms. The van der Waals surface area contributed by atoms with Crippen LogP contribution in [0.2, 0.25) is 0 Å². The van der Waals surface area contributed by atoms with Crippen LogP contribution in [0, 0.1) is 0 Å². The number of esters is 1. The molecule has 0 bridgehead atoms. The monoisotopic (exact) mass is 341 g/mol. The number of carbonyl (C=O) groups is 2. The number of phenols is 1. The molecule has 1 atom stereocenters. The number of hydrogen-bond donors (Lipinski definition) is 1. The second kappa shape index (κ2) is 7.59. The molecule has 0 aromatic heterocycles. The number of rotatable bonds is 6. The summed E-state index contributed by atoms with van der Waals surface area (Å²) in [7, 11) is 0. The average molecular weight is 341 g/mol. The highest BCUT2D eigenvalue weighted by Crippen LogP contribution is 2.36. The fraction of sp³-hybridized carbons (Fsp3) is 0.529. The summed E-state index contributed by atoms with van der Waals surface area (Å²) in [6.07, 6.45) is -0.135. The van der Waals surface area contributed by atoms with Gasteiger partial charge in [0.25, 0.3) is 5.91 Å². The summed E-state index contributed by atoms with van der Waals surface area (Å²) in [6.45, 7) is 1.96. The van der Waals surface area contributed by atoms with Crippen molar-refractivity contribution in [3.63, 3.8) is 0 Å². The zero-order valence-corrected chi connectivity index (χ0v) is 13.5. The van der Waals surface area contributed by atoms with Gasteiger partial charge in [-0.05, 0) is 37.5 Å². The van der Waals surface area contributed by atoms with Crippen molar-refractivity contribution in [2.24, 2.45) is 0 Å². The molecule has 0 aliphatic carbocycles. The first-order valence-electron chi connectivity index (χ1n) is 7.98. The molecule has 1 N–H and O–H groups in total. The SMILES string of the molecule is CCOC(=O)CCC(F)(F)C(=O)N1CCCC1c1ccc(O)cc1. The largest absolute Gasteiger partial charge is 0.508 e. The maximum Gasteiger partial charge on any atom is 0.325 e.